The van der Waals surface area contributed by atoms with E-state index in [0.29, 0.717) is 26.1 Å². The van der Waals surface area contributed by atoms with Crippen molar-refractivity contribution in [2.24, 2.45) is 5.92 Å². The lowest BCUT2D eigenvalue weighted by atomic mass is 9.97. The molecule has 2 atom stereocenters. The third kappa shape index (κ3) is 4.77. The van der Waals surface area contributed by atoms with Crippen LogP contribution in [-0.2, 0) is 20.8 Å². The van der Waals surface area contributed by atoms with Crippen molar-refractivity contribution in [3.8, 4) is 11.1 Å². The zero-order chi connectivity index (χ0) is 23.8. The topological polar surface area (TPSA) is 73.8 Å². The minimum absolute atomic E-state index is 0.00356. The first kappa shape index (κ1) is 23.0. The molecule has 2 saturated heterocycles. The van der Waals surface area contributed by atoms with Crippen LogP contribution in [-0.4, -0.2) is 75.7 Å². The van der Waals surface area contributed by atoms with Crippen LogP contribution >= 0.6 is 0 Å². The lowest BCUT2D eigenvalue weighted by Gasteiger charge is -2.40. The maximum absolute atomic E-state index is 13.5. The third-order valence-corrected chi connectivity index (χ3v) is 6.66. The van der Waals surface area contributed by atoms with Gasteiger partial charge in [0.25, 0.3) is 0 Å². The van der Waals surface area contributed by atoms with Crippen molar-refractivity contribution in [2.45, 2.75) is 45.2 Å². The molecular weight excluding hydrogens is 416 g/mol. The van der Waals surface area contributed by atoms with Crippen LogP contribution in [0.3, 0.4) is 0 Å². The maximum Gasteiger partial charge on any atom is 0.245 e. The molecule has 0 saturated carbocycles. The van der Waals surface area contributed by atoms with Gasteiger partial charge in [0.05, 0.1) is 5.92 Å². The van der Waals surface area contributed by atoms with E-state index < -0.39 is 12.0 Å². The molecule has 3 heterocycles. The van der Waals surface area contributed by atoms with Gasteiger partial charge in [-0.05, 0) is 43.5 Å². The summed E-state index contributed by atoms with van der Waals surface area (Å²) in [6.45, 7) is 7.35. The number of nitrogens with zero attached hydrogens (tertiary/aromatic N) is 4. The number of likely N-dealkylation sites (tertiary alicyclic amines) is 1. The van der Waals surface area contributed by atoms with Crippen LogP contribution < -0.4 is 0 Å². The summed E-state index contributed by atoms with van der Waals surface area (Å²) in [4.78, 5) is 48.4. The Morgan fingerprint density at radius 3 is 2.39 bits per heavy atom. The van der Waals surface area contributed by atoms with E-state index in [-0.39, 0.29) is 29.7 Å². The van der Waals surface area contributed by atoms with E-state index in [1.165, 1.54) is 0 Å². The predicted octanol–water partition coefficient (Wildman–Crippen LogP) is 2.61. The molecule has 2 aliphatic heterocycles. The van der Waals surface area contributed by atoms with E-state index in [1.54, 1.807) is 27.9 Å². The molecule has 0 N–H and O–H groups in total. The summed E-state index contributed by atoms with van der Waals surface area (Å²) in [5.41, 5.74) is 2.76. The van der Waals surface area contributed by atoms with Gasteiger partial charge < -0.3 is 14.7 Å². The van der Waals surface area contributed by atoms with Crippen LogP contribution in [0.15, 0.2) is 48.8 Å². The second-order valence-corrected chi connectivity index (χ2v) is 10.0. The molecule has 0 unspecified atom stereocenters. The number of aromatic nitrogens is 1. The van der Waals surface area contributed by atoms with Crippen molar-refractivity contribution >= 4 is 17.7 Å². The molecule has 7 nitrogen and oxygen atoms in total. The molecule has 4 rings (SSSR count). The molecule has 174 valence electrons. The molecule has 7 heteroatoms. The minimum Gasteiger partial charge on any atom is -0.342 e. The standard InChI is InChI=1S/C26H32N4O3/c1-26(2,3)30-17-21(15-23(30)31)24(32)29-13-12-28(4)25(33)22(29)14-18-7-9-19(10-8-18)20-6-5-11-27-16-20/h5-11,16,21-22H,12-15,17H2,1-4H3/t21-,22-/m0/s1. The first-order chi connectivity index (χ1) is 15.6. The van der Waals surface area contributed by atoms with Crippen molar-refractivity contribution in [3.05, 3.63) is 54.4 Å². The Balaban J connectivity index is 1.52. The molecule has 33 heavy (non-hydrogen) atoms. The number of carbonyl (C=O) groups excluding carboxylic acids is 3. The highest BCUT2D eigenvalue weighted by Crippen LogP contribution is 2.29. The Hall–Kier alpha value is -3.22. The van der Waals surface area contributed by atoms with Crippen LogP contribution in [0, 0.1) is 5.92 Å². The molecule has 1 aromatic heterocycles. The molecule has 0 aliphatic carbocycles. The molecule has 0 spiro atoms. The van der Waals surface area contributed by atoms with E-state index in [9.17, 15) is 14.4 Å². The number of piperazine rings is 1. The molecule has 2 aliphatic rings. The summed E-state index contributed by atoms with van der Waals surface area (Å²) in [6, 6.07) is 11.4. The maximum atomic E-state index is 13.5. The molecule has 1 aromatic carbocycles. The van der Waals surface area contributed by atoms with E-state index in [4.69, 9.17) is 0 Å². The van der Waals surface area contributed by atoms with Gasteiger partial charge in [-0.25, -0.2) is 0 Å². The van der Waals surface area contributed by atoms with E-state index >= 15 is 0 Å². The van der Waals surface area contributed by atoms with Gasteiger partial charge in [-0.2, -0.15) is 0 Å². The monoisotopic (exact) mass is 448 g/mol. The Morgan fingerprint density at radius 1 is 1.06 bits per heavy atom. The van der Waals surface area contributed by atoms with Crippen LogP contribution in [0.25, 0.3) is 11.1 Å². The van der Waals surface area contributed by atoms with Crippen LogP contribution in [0.5, 0.6) is 0 Å². The highest BCUT2D eigenvalue weighted by atomic mass is 16.2. The number of likely N-dealkylation sites (N-methyl/N-ethyl adjacent to an activating group) is 1. The van der Waals surface area contributed by atoms with Gasteiger partial charge in [-0.15, -0.1) is 0 Å². The third-order valence-electron chi connectivity index (χ3n) is 6.66. The van der Waals surface area contributed by atoms with E-state index in [2.05, 4.69) is 4.98 Å². The summed E-state index contributed by atoms with van der Waals surface area (Å²) in [7, 11) is 1.78. The average Bonchev–Trinajstić information content (AvgIpc) is 3.20. The normalized spacial score (nSPS) is 21.6. The van der Waals surface area contributed by atoms with Gasteiger partial charge in [-0.3, -0.25) is 19.4 Å². The summed E-state index contributed by atoms with van der Waals surface area (Å²) in [5.74, 6) is -0.538. The highest BCUT2D eigenvalue weighted by Gasteiger charge is 2.44. The number of rotatable bonds is 4. The van der Waals surface area contributed by atoms with Gasteiger partial charge in [0.2, 0.25) is 17.7 Å². The first-order valence-corrected chi connectivity index (χ1v) is 11.5. The van der Waals surface area contributed by atoms with Crippen LogP contribution in [0.4, 0.5) is 0 Å². The van der Waals surface area contributed by atoms with Gasteiger partial charge in [0.15, 0.2) is 0 Å². The van der Waals surface area contributed by atoms with Crippen molar-refractivity contribution in [2.75, 3.05) is 26.7 Å². The van der Waals surface area contributed by atoms with Gasteiger partial charge >= 0.3 is 0 Å². The highest BCUT2D eigenvalue weighted by molar-refractivity contribution is 5.93. The van der Waals surface area contributed by atoms with Gasteiger partial charge in [0, 0.05) is 57.5 Å². The number of pyridine rings is 1. The summed E-state index contributed by atoms with van der Waals surface area (Å²) < 4.78 is 0. The summed E-state index contributed by atoms with van der Waals surface area (Å²) in [6.07, 6.45) is 4.22. The number of benzene rings is 1. The number of hydrogen-bond acceptors (Lipinski definition) is 4. The number of amides is 3. The Morgan fingerprint density at radius 2 is 1.79 bits per heavy atom. The summed E-state index contributed by atoms with van der Waals surface area (Å²) >= 11 is 0. The largest absolute Gasteiger partial charge is 0.342 e. The molecule has 2 aromatic rings. The zero-order valence-corrected chi connectivity index (χ0v) is 19.8. The average molecular weight is 449 g/mol. The number of carbonyl (C=O) groups is 3. The van der Waals surface area contributed by atoms with E-state index in [0.717, 1.165) is 16.7 Å². The fourth-order valence-electron chi connectivity index (χ4n) is 4.72. The predicted molar refractivity (Wildman–Crippen MR) is 126 cm³/mol. The second kappa shape index (κ2) is 8.96. The lowest BCUT2D eigenvalue weighted by Crippen LogP contribution is -2.59. The fourth-order valence-corrected chi connectivity index (χ4v) is 4.72. The molecule has 0 radical (unpaired) electrons. The summed E-state index contributed by atoms with van der Waals surface area (Å²) in [5, 5.41) is 0. The Kier molecular flexibility index (Phi) is 6.23. The van der Waals surface area contributed by atoms with Crippen molar-refractivity contribution in [1.82, 2.24) is 19.7 Å². The smallest absolute Gasteiger partial charge is 0.245 e. The molecule has 2 fully saturated rings. The number of hydrogen-bond donors (Lipinski definition) is 0. The van der Waals surface area contributed by atoms with Gasteiger partial charge in [-0.1, -0.05) is 30.3 Å². The van der Waals surface area contributed by atoms with Crippen molar-refractivity contribution in [3.63, 3.8) is 0 Å². The fraction of sp³-hybridized carbons (Fsp3) is 0.462. The second-order valence-electron chi connectivity index (χ2n) is 10.0. The Labute approximate surface area is 195 Å². The molecule has 0 bridgehead atoms. The minimum atomic E-state index is -0.556. The first-order valence-electron chi connectivity index (χ1n) is 11.5. The Bertz CT molecular complexity index is 1030. The lowest BCUT2D eigenvalue weighted by molar-refractivity contribution is -0.152. The SMILES string of the molecule is CN1CCN(C(=O)[C@H]2CC(=O)N(C(C)(C)C)C2)[C@@H](Cc2ccc(-c3cccnc3)cc2)C1=O. The van der Waals surface area contributed by atoms with E-state index in [1.807, 2.05) is 63.4 Å². The van der Waals surface area contributed by atoms with Crippen molar-refractivity contribution in [1.29, 1.82) is 0 Å². The van der Waals surface area contributed by atoms with Gasteiger partial charge in [0.1, 0.15) is 6.04 Å². The zero-order valence-electron chi connectivity index (χ0n) is 19.8. The molecular formula is C26H32N4O3. The molecule has 3 amide bonds. The van der Waals surface area contributed by atoms with Crippen molar-refractivity contribution < 1.29 is 14.4 Å². The van der Waals surface area contributed by atoms with Crippen LogP contribution in [0.1, 0.15) is 32.8 Å². The quantitative estimate of drug-likeness (QED) is 0.721. The van der Waals surface area contributed by atoms with Crippen LogP contribution in [0.2, 0.25) is 0 Å².